The third-order valence-corrected chi connectivity index (χ3v) is 3.40. The molecule has 0 aromatic carbocycles. The Hall–Kier alpha value is -0.740. The van der Waals surface area contributed by atoms with Crippen LogP contribution in [0, 0.1) is 0 Å². The van der Waals surface area contributed by atoms with Gasteiger partial charge in [-0.25, -0.2) is 4.98 Å². The molecule has 5 heteroatoms. The summed E-state index contributed by atoms with van der Waals surface area (Å²) in [5.74, 6) is 2.08. The summed E-state index contributed by atoms with van der Waals surface area (Å²) in [6, 6.07) is 3.41. The number of aromatic nitrogens is 1. The van der Waals surface area contributed by atoms with E-state index >= 15 is 0 Å². The van der Waals surface area contributed by atoms with Gasteiger partial charge in [0, 0.05) is 17.8 Å². The summed E-state index contributed by atoms with van der Waals surface area (Å²) in [5, 5.41) is 3.28. The van der Waals surface area contributed by atoms with Crippen molar-refractivity contribution in [2.24, 2.45) is 0 Å². The highest BCUT2D eigenvalue weighted by atomic mass is 35.5. The topological polar surface area (TPSA) is 42.0 Å². The van der Waals surface area contributed by atoms with Gasteiger partial charge in [-0.05, 0) is 37.0 Å². The largest absolute Gasteiger partial charge is 0.350 e. The number of nitrogens with one attached hydrogen (secondary N) is 1. The van der Waals surface area contributed by atoms with Crippen LogP contribution < -0.4 is 5.32 Å². The predicted octanol–water partition coefficient (Wildman–Crippen LogP) is 3.00. The van der Waals surface area contributed by atoms with E-state index in [1.54, 1.807) is 12.1 Å². The third-order valence-electron chi connectivity index (χ3n) is 2.27. The van der Waals surface area contributed by atoms with E-state index in [0.717, 1.165) is 17.9 Å². The molecule has 1 aromatic rings. The molecule has 0 bridgehead atoms. The number of amides is 1. The van der Waals surface area contributed by atoms with E-state index in [0.29, 0.717) is 10.7 Å². The molecule has 1 atom stereocenters. The molecule has 1 rings (SSSR count). The Balaban J connectivity index is 2.43. The van der Waals surface area contributed by atoms with Crippen LogP contribution in [0.4, 0.5) is 0 Å². The van der Waals surface area contributed by atoms with E-state index in [2.05, 4.69) is 17.2 Å². The van der Waals surface area contributed by atoms with Gasteiger partial charge in [0.05, 0.1) is 0 Å². The van der Waals surface area contributed by atoms with Crippen LogP contribution in [0.5, 0.6) is 0 Å². The number of hydrogen-bond acceptors (Lipinski definition) is 3. The van der Waals surface area contributed by atoms with Crippen molar-refractivity contribution < 1.29 is 4.79 Å². The van der Waals surface area contributed by atoms with Crippen LogP contribution in [-0.2, 0) is 0 Å². The van der Waals surface area contributed by atoms with Crippen molar-refractivity contribution in [1.82, 2.24) is 10.3 Å². The standard InChI is InChI=1S/C12H17ClN2OS/c1-3-17-7-5-9(2)15-12(16)10-4-6-14-11(13)8-10/h4,6,8-9H,3,5,7H2,1-2H3,(H,15,16)/t9-/m0/s1. The number of hydrogen-bond donors (Lipinski definition) is 1. The number of nitrogens with zero attached hydrogens (tertiary/aromatic N) is 1. The minimum absolute atomic E-state index is 0.0942. The van der Waals surface area contributed by atoms with Gasteiger partial charge in [-0.1, -0.05) is 18.5 Å². The van der Waals surface area contributed by atoms with Gasteiger partial charge in [0.2, 0.25) is 0 Å². The van der Waals surface area contributed by atoms with Gasteiger partial charge >= 0.3 is 0 Å². The van der Waals surface area contributed by atoms with Crippen LogP contribution in [0.1, 0.15) is 30.6 Å². The first kappa shape index (κ1) is 14.3. The molecule has 0 aliphatic heterocycles. The van der Waals surface area contributed by atoms with Crippen LogP contribution in [0.2, 0.25) is 5.15 Å². The zero-order valence-corrected chi connectivity index (χ0v) is 11.6. The number of rotatable bonds is 6. The van der Waals surface area contributed by atoms with Crippen LogP contribution in [0.15, 0.2) is 18.3 Å². The van der Waals surface area contributed by atoms with E-state index in [-0.39, 0.29) is 11.9 Å². The monoisotopic (exact) mass is 272 g/mol. The van der Waals surface area contributed by atoms with Crippen molar-refractivity contribution in [2.45, 2.75) is 26.3 Å². The summed E-state index contributed by atoms with van der Waals surface area (Å²) in [6.07, 6.45) is 2.51. The molecule has 0 aliphatic rings. The van der Waals surface area contributed by atoms with Gasteiger partial charge in [-0.2, -0.15) is 11.8 Å². The molecular formula is C12H17ClN2OS. The molecule has 0 saturated heterocycles. The number of carbonyl (C=O) groups is 1. The summed E-state index contributed by atoms with van der Waals surface area (Å²) < 4.78 is 0. The van der Waals surface area contributed by atoms with Crippen molar-refractivity contribution in [3.63, 3.8) is 0 Å². The maximum atomic E-state index is 11.8. The van der Waals surface area contributed by atoms with Crippen molar-refractivity contribution in [3.05, 3.63) is 29.0 Å². The molecule has 1 amide bonds. The maximum absolute atomic E-state index is 11.8. The first-order chi connectivity index (χ1) is 8.13. The lowest BCUT2D eigenvalue weighted by atomic mass is 10.2. The summed E-state index contributed by atoms with van der Waals surface area (Å²) in [6.45, 7) is 4.14. The molecule has 0 radical (unpaired) electrons. The number of halogens is 1. The molecule has 0 aliphatic carbocycles. The summed E-state index contributed by atoms with van der Waals surface area (Å²) in [5.41, 5.74) is 0.556. The SMILES string of the molecule is CCSCC[C@H](C)NC(=O)c1ccnc(Cl)c1. The Bertz CT molecular complexity index is 373. The summed E-state index contributed by atoms with van der Waals surface area (Å²) in [4.78, 5) is 15.7. The molecule has 94 valence electrons. The molecule has 0 fully saturated rings. The van der Waals surface area contributed by atoms with Crippen molar-refractivity contribution in [2.75, 3.05) is 11.5 Å². The Labute approximate surface area is 111 Å². The zero-order chi connectivity index (χ0) is 12.7. The van der Waals surface area contributed by atoms with Crippen molar-refractivity contribution >= 4 is 29.3 Å². The second-order valence-electron chi connectivity index (χ2n) is 3.73. The fourth-order valence-corrected chi connectivity index (χ4v) is 2.31. The van der Waals surface area contributed by atoms with Gasteiger partial charge in [0.1, 0.15) is 5.15 Å². The molecule has 0 saturated carbocycles. The van der Waals surface area contributed by atoms with Crippen LogP contribution in [0.25, 0.3) is 0 Å². The average molecular weight is 273 g/mol. The lowest BCUT2D eigenvalue weighted by molar-refractivity contribution is 0.0939. The Morgan fingerprint density at radius 2 is 2.41 bits per heavy atom. The molecule has 3 nitrogen and oxygen atoms in total. The average Bonchev–Trinajstić information content (AvgIpc) is 2.29. The molecule has 0 unspecified atom stereocenters. The molecule has 1 heterocycles. The van der Waals surface area contributed by atoms with E-state index in [4.69, 9.17) is 11.6 Å². The fraction of sp³-hybridized carbons (Fsp3) is 0.500. The normalized spacial score (nSPS) is 12.2. The lowest BCUT2D eigenvalue weighted by Crippen LogP contribution is -2.32. The highest BCUT2D eigenvalue weighted by Crippen LogP contribution is 2.08. The number of carbonyl (C=O) groups excluding carboxylic acids is 1. The second kappa shape index (κ2) is 7.56. The Kier molecular flexibility index (Phi) is 6.37. The van der Waals surface area contributed by atoms with E-state index in [1.807, 2.05) is 18.7 Å². The number of thioether (sulfide) groups is 1. The quantitative estimate of drug-likeness (QED) is 0.639. The number of pyridine rings is 1. The minimum atomic E-state index is -0.0942. The van der Waals surface area contributed by atoms with E-state index in [9.17, 15) is 4.79 Å². The smallest absolute Gasteiger partial charge is 0.251 e. The maximum Gasteiger partial charge on any atom is 0.251 e. The molecule has 1 aromatic heterocycles. The third kappa shape index (κ3) is 5.41. The van der Waals surface area contributed by atoms with Crippen molar-refractivity contribution in [1.29, 1.82) is 0 Å². The predicted molar refractivity (Wildman–Crippen MR) is 73.8 cm³/mol. The van der Waals surface area contributed by atoms with E-state index in [1.165, 1.54) is 6.20 Å². The lowest BCUT2D eigenvalue weighted by Gasteiger charge is -2.13. The van der Waals surface area contributed by atoms with Gasteiger partial charge in [-0.3, -0.25) is 4.79 Å². The van der Waals surface area contributed by atoms with E-state index < -0.39 is 0 Å². The first-order valence-electron chi connectivity index (χ1n) is 5.63. The van der Waals surface area contributed by atoms with Gasteiger partial charge in [0.25, 0.3) is 5.91 Å². The molecule has 1 N–H and O–H groups in total. The summed E-state index contributed by atoms with van der Waals surface area (Å²) >= 11 is 7.61. The van der Waals surface area contributed by atoms with Crippen LogP contribution in [-0.4, -0.2) is 28.4 Å². The van der Waals surface area contributed by atoms with Crippen LogP contribution >= 0.6 is 23.4 Å². The molecular weight excluding hydrogens is 256 g/mol. The van der Waals surface area contributed by atoms with Crippen molar-refractivity contribution in [3.8, 4) is 0 Å². The van der Waals surface area contributed by atoms with Gasteiger partial charge in [-0.15, -0.1) is 0 Å². The minimum Gasteiger partial charge on any atom is -0.350 e. The highest BCUT2D eigenvalue weighted by Gasteiger charge is 2.09. The molecule has 0 spiro atoms. The Morgan fingerprint density at radius 1 is 1.65 bits per heavy atom. The van der Waals surface area contributed by atoms with Gasteiger partial charge < -0.3 is 5.32 Å². The summed E-state index contributed by atoms with van der Waals surface area (Å²) in [7, 11) is 0. The zero-order valence-electron chi connectivity index (χ0n) is 10.1. The second-order valence-corrected chi connectivity index (χ2v) is 5.51. The Morgan fingerprint density at radius 3 is 3.06 bits per heavy atom. The first-order valence-corrected chi connectivity index (χ1v) is 7.17. The fourth-order valence-electron chi connectivity index (χ4n) is 1.33. The molecule has 17 heavy (non-hydrogen) atoms. The van der Waals surface area contributed by atoms with Gasteiger partial charge in [0.15, 0.2) is 0 Å². The van der Waals surface area contributed by atoms with Crippen LogP contribution in [0.3, 0.4) is 0 Å². The highest BCUT2D eigenvalue weighted by molar-refractivity contribution is 7.99.